The SMILES string of the molecule is CC(=O)Nc1ccc(C)cc1NC(=O)/C=C/c1ccc(SC(F)(F)F)cc1. The lowest BCUT2D eigenvalue weighted by Gasteiger charge is -2.11. The molecular weight excluding hydrogens is 377 g/mol. The first kappa shape index (κ1) is 20.6. The molecule has 0 aliphatic carbocycles. The Kier molecular flexibility index (Phi) is 6.68. The summed E-state index contributed by atoms with van der Waals surface area (Å²) in [7, 11) is 0. The second-order valence-electron chi connectivity index (χ2n) is 5.67. The molecule has 2 aromatic carbocycles. The number of carbonyl (C=O) groups is 2. The van der Waals surface area contributed by atoms with Crippen LogP contribution < -0.4 is 10.6 Å². The van der Waals surface area contributed by atoms with E-state index in [9.17, 15) is 22.8 Å². The van der Waals surface area contributed by atoms with Crippen LogP contribution in [0, 0.1) is 6.92 Å². The smallest absolute Gasteiger partial charge is 0.325 e. The number of halogens is 3. The van der Waals surface area contributed by atoms with Crippen molar-refractivity contribution < 1.29 is 22.8 Å². The predicted molar refractivity (Wildman–Crippen MR) is 102 cm³/mol. The molecule has 0 spiro atoms. The highest BCUT2D eigenvalue weighted by Gasteiger charge is 2.28. The first-order valence-corrected chi connectivity index (χ1v) is 8.67. The molecule has 0 saturated heterocycles. The zero-order valence-corrected chi connectivity index (χ0v) is 15.4. The van der Waals surface area contributed by atoms with E-state index in [1.54, 1.807) is 18.2 Å². The topological polar surface area (TPSA) is 58.2 Å². The Bertz CT molecular complexity index is 862. The number of thioether (sulfide) groups is 1. The molecule has 0 atom stereocenters. The average molecular weight is 394 g/mol. The van der Waals surface area contributed by atoms with Gasteiger partial charge in [-0.1, -0.05) is 18.2 Å². The molecule has 0 unspecified atom stereocenters. The van der Waals surface area contributed by atoms with Gasteiger partial charge in [0.1, 0.15) is 0 Å². The van der Waals surface area contributed by atoms with Crippen LogP contribution in [0.1, 0.15) is 18.1 Å². The quantitative estimate of drug-likeness (QED) is 0.540. The standard InChI is InChI=1S/C19H17F3N2O2S/c1-12-3-9-16(23-13(2)25)17(11-12)24-18(26)10-6-14-4-7-15(8-5-14)27-19(20,21)22/h3-11H,1-2H3,(H,23,25)(H,24,26)/b10-6+. The number of carbonyl (C=O) groups excluding carboxylic acids is 2. The van der Waals surface area contributed by atoms with Gasteiger partial charge in [0, 0.05) is 17.9 Å². The number of aryl methyl sites for hydroxylation is 1. The van der Waals surface area contributed by atoms with Crippen LogP contribution in [-0.4, -0.2) is 17.3 Å². The third kappa shape index (κ3) is 7.18. The summed E-state index contributed by atoms with van der Waals surface area (Å²) in [6.07, 6.45) is 2.76. The van der Waals surface area contributed by atoms with Crippen molar-refractivity contribution in [2.75, 3.05) is 10.6 Å². The molecule has 0 aliphatic rings. The lowest BCUT2D eigenvalue weighted by atomic mass is 10.2. The largest absolute Gasteiger partial charge is 0.446 e. The second-order valence-corrected chi connectivity index (χ2v) is 6.81. The zero-order valence-electron chi connectivity index (χ0n) is 14.6. The van der Waals surface area contributed by atoms with E-state index in [2.05, 4.69) is 10.6 Å². The van der Waals surface area contributed by atoms with E-state index < -0.39 is 11.4 Å². The number of anilines is 2. The van der Waals surface area contributed by atoms with Gasteiger partial charge in [-0.15, -0.1) is 0 Å². The molecule has 142 valence electrons. The van der Waals surface area contributed by atoms with Crippen molar-refractivity contribution in [1.82, 2.24) is 0 Å². The average Bonchev–Trinajstić information content (AvgIpc) is 2.55. The summed E-state index contributed by atoms with van der Waals surface area (Å²) >= 11 is -0.195. The van der Waals surface area contributed by atoms with Crippen LogP contribution in [0.25, 0.3) is 6.08 Å². The van der Waals surface area contributed by atoms with E-state index in [4.69, 9.17) is 0 Å². The van der Waals surface area contributed by atoms with E-state index in [0.29, 0.717) is 16.9 Å². The van der Waals surface area contributed by atoms with Crippen molar-refractivity contribution in [2.24, 2.45) is 0 Å². The minimum atomic E-state index is -4.34. The van der Waals surface area contributed by atoms with Crippen molar-refractivity contribution >= 4 is 41.0 Å². The second kappa shape index (κ2) is 8.77. The Balaban J connectivity index is 2.05. The Hall–Kier alpha value is -2.74. The fraction of sp³-hybridized carbons (Fsp3) is 0.158. The Morgan fingerprint density at radius 3 is 2.26 bits per heavy atom. The van der Waals surface area contributed by atoms with Crippen molar-refractivity contribution in [3.63, 3.8) is 0 Å². The number of alkyl halides is 3. The van der Waals surface area contributed by atoms with Gasteiger partial charge in [0.05, 0.1) is 11.4 Å². The summed E-state index contributed by atoms with van der Waals surface area (Å²) in [4.78, 5) is 23.5. The minimum absolute atomic E-state index is 0.0730. The highest BCUT2D eigenvalue weighted by atomic mass is 32.2. The highest BCUT2D eigenvalue weighted by molar-refractivity contribution is 8.00. The van der Waals surface area contributed by atoms with Gasteiger partial charge in [-0.2, -0.15) is 13.2 Å². The highest BCUT2D eigenvalue weighted by Crippen LogP contribution is 2.36. The van der Waals surface area contributed by atoms with Gasteiger partial charge < -0.3 is 10.6 Å². The maximum atomic E-state index is 12.3. The van der Waals surface area contributed by atoms with E-state index in [1.807, 2.05) is 6.92 Å². The van der Waals surface area contributed by atoms with Crippen molar-refractivity contribution in [1.29, 1.82) is 0 Å². The van der Waals surface area contributed by atoms with Gasteiger partial charge in [-0.25, -0.2) is 0 Å². The normalized spacial score (nSPS) is 11.4. The van der Waals surface area contributed by atoms with Gasteiger partial charge in [0.25, 0.3) is 0 Å². The molecule has 0 aromatic heterocycles. The van der Waals surface area contributed by atoms with Gasteiger partial charge in [0.15, 0.2) is 0 Å². The van der Waals surface area contributed by atoms with Crippen LogP contribution in [0.5, 0.6) is 0 Å². The van der Waals surface area contributed by atoms with Gasteiger partial charge >= 0.3 is 5.51 Å². The van der Waals surface area contributed by atoms with Crippen molar-refractivity contribution in [3.8, 4) is 0 Å². The maximum absolute atomic E-state index is 12.3. The monoisotopic (exact) mass is 394 g/mol. The van der Waals surface area contributed by atoms with Gasteiger partial charge in [0.2, 0.25) is 11.8 Å². The lowest BCUT2D eigenvalue weighted by Crippen LogP contribution is -2.13. The molecule has 0 fully saturated rings. The summed E-state index contributed by atoms with van der Waals surface area (Å²) in [6, 6.07) is 10.9. The molecule has 0 aliphatic heterocycles. The summed E-state index contributed by atoms with van der Waals surface area (Å²) in [6.45, 7) is 3.22. The number of nitrogens with one attached hydrogen (secondary N) is 2. The molecule has 0 saturated carbocycles. The number of benzene rings is 2. The summed E-state index contributed by atoms with van der Waals surface area (Å²) < 4.78 is 36.9. The number of rotatable bonds is 5. The molecule has 2 aromatic rings. The first-order chi connectivity index (χ1) is 12.6. The van der Waals surface area contributed by atoms with Crippen LogP contribution in [0.15, 0.2) is 53.4 Å². The molecule has 8 heteroatoms. The fourth-order valence-electron chi connectivity index (χ4n) is 2.19. The molecule has 0 bridgehead atoms. The first-order valence-electron chi connectivity index (χ1n) is 7.85. The molecule has 0 radical (unpaired) electrons. The number of hydrogen-bond donors (Lipinski definition) is 2. The maximum Gasteiger partial charge on any atom is 0.446 e. The Labute approximate surface area is 158 Å². The van der Waals surface area contributed by atoms with E-state index in [0.717, 1.165) is 5.56 Å². The Morgan fingerprint density at radius 2 is 1.67 bits per heavy atom. The van der Waals surface area contributed by atoms with E-state index >= 15 is 0 Å². The summed E-state index contributed by atoms with van der Waals surface area (Å²) in [5.74, 6) is -0.692. The minimum Gasteiger partial charge on any atom is -0.325 e. The zero-order chi connectivity index (χ0) is 20.0. The molecule has 2 rings (SSSR count). The molecule has 27 heavy (non-hydrogen) atoms. The van der Waals surface area contributed by atoms with E-state index in [1.165, 1.54) is 43.3 Å². The van der Waals surface area contributed by atoms with Crippen LogP contribution >= 0.6 is 11.8 Å². The third-order valence-electron chi connectivity index (χ3n) is 3.28. The Morgan fingerprint density at radius 1 is 1.00 bits per heavy atom. The fourth-order valence-corrected chi connectivity index (χ4v) is 2.73. The van der Waals surface area contributed by atoms with Crippen LogP contribution in [0.2, 0.25) is 0 Å². The lowest BCUT2D eigenvalue weighted by molar-refractivity contribution is -0.114. The third-order valence-corrected chi connectivity index (χ3v) is 4.02. The van der Waals surface area contributed by atoms with Crippen molar-refractivity contribution in [2.45, 2.75) is 24.3 Å². The molecule has 4 nitrogen and oxygen atoms in total. The predicted octanol–water partition coefficient (Wildman–Crippen LogP) is 5.22. The van der Waals surface area contributed by atoms with Crippen LogP contribution in [-0.2, 0) is 9.59 Å². The molecular formula is C19H17F3N2O2S. The summed E-state index contributed by atoms with van der Waals surface area (Å²) in [5, 5.41) is 5.31. The van der Waals surface area contributed by atoms with Gasteiger partial charge in [-0.05, 0) is 60.2 Å². The van der Waals surface area contributed by atoms with Crippen molar-refractivity contribution in [3.05, 3.63) is 59.7 Å². The van der Waals surface area contributed by atoms with Crippen LogP contribution in [0.3, 0.4) is 0 Å². The summed E-state index contributed by atoms with van der Waals surface area (Å²) in [5.41, 5.74) is -1.92. The molecule has 2 N–H and O–H groups in total. The number of amides is 2. The van der Waals surface area contributed by atoms with Crippen LogP contribution in [0.4, 0.5) is 24.5 Å². The van der Waals surface area contributed by atoms with E-state index in [-0.39, 0.29) is 22.6 Å². The number of hydrogen-bond acceptors (Lipinski definition) is 3. The molecule has 2 amide bonds. The van der Waals surface area contributed by atoms with Gasteiger partial charge in [-0.3, -0.25) is 9.59 Å². The molecule has 0 heterocycles.